The Balaban J connectivity index is 2.03. The van der Waals surface area contributed by atoms with E-state index in [9.17, 15) is 4.79 Å². The highest BCUT2D eigenvalue weighted by atomic mass is 35.5. The lowest BCUT2D eigenvalue weighted by molar-refractivity contribution is -0.133. The normalized spacial score (nSPS) is 20.0. The van der Waals surface area contributed by atoms with Gasteiger partial charge in [0, 0.05) is 29.9 Å². The smallest absolute Gasteiger partial charge is 0.225 e. The van der Waals surface area contributed by atoms with E-state index >= 15 is 0 Å². The van der Waals surface area contributed by atoms with Crippen LogP contribution in [0.4, 0.5) is 0 Å². The van der Waals surface area contributed by atoms with Gasteiger partial charge in [-0.1, -0.05) is 37.6 Å². The zero-order valence-corrected chi connectivity index (χ0v) is 11.1. The molecular weight excluding hydrogens is 234 g/mol. The first-order valence-electron chi connectivity index (χ1n) is 6.12. The molecule has 3 heteroatoms. The van der Waals surface area contributed by atoms with E-state index in [1.165, 1.54) is 5.56 Å². The monoisotopic (exact) mass is 251 g/mol. The third-order valence-electron chi connectivity index (χ3n) is 3.34. The maximum atomic E-state index is 11.9. The Labute approximate surface area is 108 Å². The van der Waals surface area contributed by atoms with Crippen molar-refractivity contribution in [1.82, 2.24) is 4.90 Å². The van der Waals surface area contributed by atoms with Crippen LogP contribution in [0, 0.1) is 5.92 Å². The van der Waals surface area contributed by atoms with Gasteiger partial charge < -0.3 is 4.90 Å². The molecule has 0 N–H and O–H groups in total. The van der Waals surface area contributed by atoms with Gasteiger partial charge >= 0.3 is 0 Å². The Morgan fingerprint density at radius 2 is 2.00 bits per heavy atom. The first-order valence-corrected chi connectivity index (χ1v) is 6.50. The molecule has 0 bridgehead atoms. The van der Waals surface area contributed by atoms with Crippen LogP contribution in [0.15, 0.2) is 24.3 Å². The predicted octanol–water partition coefficient (Wildman–Crippen LogP) is 3.31. The molecule has 1 aliphatic heterocycles. The third-order valence-corrected chi connectivity index (χ3v) is 3.59. The number of hydrogen-bond donors (Lipinski definition) is 0. The van der Waals surface area contributed by atoms with E-state index in [1.807, 2.05) is 30.9 Å². The van der Waals surface area contributed by atoms with E-state index < -0.39 is 0 Å². The topological polar surface area (TPSA) is 20.3 Å². The average molecular weight is 252 g/mol. The summed E-state index contributed by atoms with van der Waals surface area (Å²) in [6.07, 6.45) is 1.06. The largest absolute Gasteiger partial charge is 0.342 e. The Bertz CT molecular complexity index is 399. The fraction of sp³-hybridized carbons (Fsp3) is 0.500. The van der Waals surface area contributed by atoms with Crippen LogP contribution in [-0.2, 0) is 4.79 Å². The fourth-order valence-corrected chi connectivity index (χ4v) is 2.46. The molecule has 2 rings (SSSR count). The van der Waals surface area contributed by atoms with Crippen molar-refractivity contribution in [3.63, 3.8) is 0 Å². The van der Waals surface area contributed by atoms with Crippen LogP contribution in [-0.4, -0.2) is 23.9 Å². The molecule has 1 fully saturated rings. The molecule has 2 nitrogen and oxygen atoms in total. The Hall–Kier alpha value is -1.02. The standard InChI is InChI=1S/C14H18ClNO/c1-10(2)14(17)16-8-7-12(9-16)11-3-5-13(15)6-4-11/h3-6,10,12H,7-9H2,1-2H3/t12-/m0/s1. The lowest BCUT2D eigenvalue weighted by atomic mass is 9.99. The first-order chi connectivity index (χ1) is 8.08. The number of benzene rings is 1. The van der Waals surface area contributed by atoms with E-state index in [0.29, 0.717) is 5.92 Å². The van der Waals surface area contributed by atoms with Gasteiger partial charge in [0.25, 0.3) is 0 Å². The van der Waals surface area contributed by atoms with Gasteiger partial charge in [-0.2, -0.15) is 0 Å². The quantitative estimate of drug-likeness (QED) is 0.790. The molecule has 1 aliphatic rings. The van der Waals surface area contributed by atoms with Crippen molar-refractivity contribution in [2.24, 2.45) is 5.92 Å². The van der Waals surface area contributed by atoms with Crippen LogP contribution in [0.5, 0.6) is 0 Å². The average Bonchev–Trinajstić information content (AvgIpc) is 2.78. The summed E-state index contributed by atoms with van der Waals surface area (Å²) in [7, 11) is 0. The first kappa shape index (κ1) is 12.4. The molecule has 1 saturated heterocycles. The molecule has 0 saturated carbocycles. The van der Waals surface area contributed by atoms with Gasteiger partial charge in [-0.25, -0.2) is 0 Å². The Morgan fingerprint density at radius 1 is 1.35 bits per heavy atom. The highest BCUT2D eigenvalue weighted by molar-refractivity contribution is 6.30. The number of halogens is 1. The molecule has 1 amide bonds. The van der Waals surface area contributed by atoms with E-state index in [0.717, 1.165) is 24.5 Å². The maximum absolute atomic E-state index is 11.9. The molecular formula is C14H18ClNO. The van der Waals surface area contributed by atoms with Crippen LogP contribution in [0.2, 0.25) is 5.02 Å². The van der Waals surface area contributed by atoms with Crippen LogP contribution < -0.4 is 0 Å². The Kier molecular flexibility index (Phi) is 3.72. The molecule has 1 aromatic carbocycles. The number of carbonyl (C=O) groups excluding carboxylic acids is 1. The number of hydrogen-bond acceptors (Lipinski definition) is 1. The highest BCUT2D eigenvalue weighted by Crippen LogP contribution is 2.28. The summed E-state index contributed by atoms with van der Waals surface area (Å²) < 4.78 is 0. The molecule has 0 aromatic heterocycles. The fourth-order valence-electron chi connectivity index (χ4n) is 2.33. The lowest BCUT2D eigenvalue weighted by Gasteiger charge is -2.18. The van der Waals surface area contributed by atoms with Gasteiger partial charge in [0.15, 0.2) is 0 Å². The third kappa shape index (κ3) is 2.81. The molecule has 17 heavy (non-hydrogen) atoms. The van der Waals surface area contributed by atoms with E-state index in [2.05, 4.69) is 12.1 Å². The number of carbonyl (C=O) groups is 1. The van der Waals surface area contributed by atoms with Crippen molar-refractivity contribution >= 4 is 17.5 Å². The summed E-state index contributed by atoms with van der Waals surface area (Å²) in [6, 6.07) is 7.97. The lowest BCUT2D eigenvalue weighted by Crippen LogP contribution is -2.31. The van der Waals surface area contributed by atoms with Gasteiger partial charge in [-0.15, -0.1) is 0 Å². The molecule has 1 aromatic rings. The van der Waals surface area contributed by atoms with Crippen molar-refractivity contribution in [1.29, 1.82) is 0 Å². The summed E-state index contributed by atoms with van der Waals surface area (Å²) in [5.41, 5.74) is 1.29. The molecule has 0 spiro atoms. The van der Waals surface area contributed by atoms with Crippen LogP contribution >= 0.6 is 11.6 Å². The van der Waals surface area contributed by atoms with Crippen molar-refractivity contribution in [2.75, 3.05) is 13.1 Å². The molecule has 1 atom stereocenters. The predicted molar refractivity (Wildman–Crippen MR) is 70.2 cm³/mol. The van der Waals surface area contributed by atoms with Gasteiger partial charge in [0.05, 0.1) is 0 Å². The van der Waals surface area contributed by atoms with Gasteiger partial charge in [0.1, 0.15) is 0 Å². The maximum Gasteiger partial charge on any atom is 0.225 e. The van der Waals surface area contributed by atoms with Crippen molar-refractivity contribution < 1.29 is 4.79 Å². The molecule has 92 valence electrons. The zero-order chi connectivity index (χ0) is 12.4. The summed E-state index contributed by atoms with van der Waals surface area (Å²) in [4.78, 5) is 13.9. The highest BCUT2D eigenvalue weighted by Gasteiger charge is 2.28. The van der Waals surface area contributed by atoms with Crippen molar-refractivity contribution in [3.05, 3.63) is 34.9 Å². The van der Waals surface area contributed by atoms with E-state index in [-0.39, 0.29) is 11.8 Å². The zero-order valence-electron chi connectivity index (χ0n) is 10.3. The summed E-state index contributed by atoms with van der Waals surface area (Å²) >= 11 is 5.87. The second kappa shape index (κ2) is 5.09. The summed E-state index contributed by atoms with van der Waals surface area (Å²) in [6.45, 7) is 5.64. The minimum atomic E-state index is 0.0963. The molecule has 0 unspecified atom stereocenters. The van der Waals surface area contributed by atoms with Crippen LogP contribution in [0.1, 0.15) is 31.7 Å². The van der Waals surface area contributed by atoms with Gasteiger partial charge in [-0.3, -0.25) is 4.79 Å². The summed E-state index contributed by atoms with van der Waals surface area (Å²) in [5.74, 6) is 0.829. The minimum Gasteiger partial charge on any atom is -0.342 e. The number of amides is 1. The second-order valence-electron chi connectivity index (χ2n) is 4.98. The minimum absolute atomic E-state index is 0.0963. The van der Waals surface area contributed by atoms with Crippen LogP contribution in [0.25, 0.3) is 0 Å². The SMILES string of the molecule is CC(C)C(=O)N1CC[C@H](c2ccc(Cl)cc2)C1. The Morgan fingerprint density at radius 3 is 2.59 bits per heavy atom. The molecule has 0 aliphatic carbocycles. The second-order valence-corrected chi connectivity index (χ2v) is 5.41. The number of likely N-dealkylation sites (tertiary alicyclic amines) is 1. The molecule has 1 heterocycles. The van der Waals surface area contributed by atoms with E-state index in [4.69, 9.17) is 11.6 Å². The van der Waals surface area contributed by atoms with Gasteiger partial charge in [0.2, 0.25) is 5.91 Å². The summed E-state index contributed by atoms with van der Waals surface area (Å²) in [5, 5.41) is 0.766. The van der Waals surface area contributed by atoms with Crippen molar-refractivity contribution in [3.8, 4) is 0 Å². The number of rotatable bonds is 2. The van der Waals surface area contributed by atoms with Crippen LogP contribution in [0.3, 0.4) is 0 Å². The number of nitrogens with zero attached hydrogens (tertiary/aromatic N) is 1. The molecule has 0 radical (unpaired) electrons. The van der Waals surface area contributed by atoms with E-state index in [1.54, 1.807) is 0 Å². The van der Waals surface area contributed by atoms with Crippen molar-refractivity contribution in [2.45, 2.75) is 26.2 Å². The van der Waals surface area contributed by atoms with Gasteiger partial charge in [-0.05, 0) is 24.1 Å².